The van der Waals surface area contributed by atoms with E-state index in [-0.39, 0.29) is 5.69 Å². The Morgan fingerprint density at radius 3 is 2.42 bits per heavy atom. The molecule has 0 spiro atoms. The van der Waals surface area contributed by atoms with Crippen molar-refractivity contribution >= 4 is 17.0 Å². The topological polar surface area (TPSA) is 72.2 Å². The van der Waals surface area contributed by atoms with E-state index in [1.807, 2.05) is 0 Å². The minimum Gasteiger partial charge on any atom is -0.477 e. The van der Waals surface area contributed by atoms with Crippen LogP contribution in [0.1, 0.15) is 10.4 Å². The monoisotopic (exact) mass is 338 g/mol. The summed E-state index contributed by atoms with van der Waals surface area (Å²) >= 11 is 0. The maximum Gasteiger partial charge on any atom is 0.341 e. The summed E-state index contributed by atoms with van der Waals surface area (Å²) in [4.78, 5) is 26.5. The van der Waals surface area contributed by atoms with Crippen LogP contribution in [0.5, 0.6) is 0 Å². The third-order valence-electron chi connectivity index (χ3n) is 3.29. The van der Waals surface area contributed by atoms with E-state index < -0.39 is 51.4 Å². The predicted molar refractivity (Wildman–Crippen MR) is 74.1 cm³/mol. The summed E-state index contributed by atoms with van der Waals surface area (Å²) in [6.07, 6.45) is 0.716. The van der Waals surface area contributed by atoms with Gasteiger partial charge in [0.1, 0.15) is 17.2 Å². The summed E-state index contributed by atoms with van der Waals surface area (Å²) in [6, 6.07) is 2.82. The van der Waals surface area contributed by atoms with Crippen molar-refractivity contribution in [1.29, 1.82) is 0 Å². The lowest BCUT2D eigenvalue weighted by Crippen LogP contribution is -2.20. The Hall–Kier alpha value is -3.23. The number of pyridine rings is 2. The second-order valence-electron chi connectivity index (χ2n) is 4.77. The quantitative estimate of drug-likeness (QED) is 0.576. The fourth-order valence-corrected chi connectivity index (χ4v) is 2.21. The van der Waals surface area contributed by atoms with E-state index in [1.165, 1.54) is 0 Å². The van der Waals surface area contributed by atoms with E-state index in [0.717, 1.165) is 16.7 Å². The van der Waals surface area contributed by atoms with Crippen LogP contribution < -0.4 is 5.43 Å². The second kappa shape index (κ2) is 5.44. The molecule has 2 aromatic heterocycles. The van der Waals surface area contributed by atoms with Crippen LogP contribution in [-0.4, -0.2) is 20.6 Å². The van der Waals surface area contributed by atoms with Gasteiger partial charge in [-0.3, -0.25) is 9.36 Å². The van der Waals surface area contributed by atoms with Crippen LogP contribution in [0.3, 0.4) is 0 Å². The number of carboxylic acid groups (broad SMARTS) is 1. The molecule has 0 atom stereocenters. The minimum atomic E-state index is -1.65. The van der Waals surface area contributed by atoms with E-state index >= 15 is 0 Å². The van der Waals surface area contributed by atoms with Gasteiger partial charge in [-0.2, -0.15) is 9.37 Å². The van der Waals surface area contributed by atoms with E-state index in [1.54, 1.807) is 0 Å². The average molecular weight is 338 g/mol. The molecule has 0 bridgehead atoms. The average Bonchev–Trinajstić information content (AvgIpc) is 2.50. The molecule has 0 saturated carbocycles. The second-order valence-corrected chi connectivity index (χ2v) is 4.77. The minimum absolute atomic E-state index is 0.387. The Morgan fingerprint density at radius 2 is 1.79 bits per heavy atom. The van der Waals surface area contributed by atoms with Crippen molar-refractivity contribution in [2.75, 3.05) is 0 Å². The van der Waals surface area contributed by atoms with E-state index in [4.69, 9.17) is 5.11 Å². The Labute approximate surface area is 130 Å². The molecule has 5 nitrogen and oxygen atoms in total. The standard InChI is InChI=1S/C15H6F4N2O3/c16-6-1-2-11(9(17)3-6)21-5-8(15(23)24)12(22)7-4-10(18)13(19)20-14(7)21/h1-5H,(H,23,24). The SMILES string of the molecule is O=C(O)c1cn(-c2ccc(F)cc2F)c2nc(F)c(F)cc2c1=O. The van der Waals surface area contributed by atoms with E-state index in [0.29, 0.717) is 18.3 Å². The third kappa shape index (κ3) is 2.39. The van der Waals surface area contributed by atoms with Crippen molar-refractivity contribution < 1.29 is 27.5 Å². The first-order chi connectivity index (χ1) is 11.3. The number of fused-ring (bicyclic) bond motifs is 1. The molecule has 0 unspecified atom stereocenters. The molecule has 9 heteroatoms. The summed E-state index contributed by atoms with van der Waals surface area (Å²) in [7, 11) is 0. The Bertz CT molecular complexity index is 1060. The van der Waals surface area contributed by atoms with Gasteiger partial charge in [0.15, 0.2) is 11.5 Å². The summed E-state index contributed by atoms with van der Waals surface area (Å²) in [5.41, 5.74) is -2.81. The molecule has 0 radical (unpaired) electrons. The third-order valence-corrected chi connectivity index (χ3v) is 3.29. The van der Waals surface area contributed by atoms with E-state index in [2.05, 4.69) is 4.98 Å². The molecule has 24 heavy (non-hydrogen) atoms. The largest absolute Gasteiger partial charge is 0.477 e. The zero-order chi connectivity index (χ0) is 17.6. The van der Waals surface area contributed by atoms with Crippen LogP contribution in [0.4, 0.5) is 17.6 Å². The van der Waals surface area contributed by atoms with E-state index in [9.17, 15) is 27.2 Å². The number of benzene rings is 1. The number of carbonyl (C=O) groups is 1. The molecule has 122 valence electrons. The van der Waals surface area contributed by atoms with Crippen LogP contribution in [-0.2, 0) is 0 Å². The fourth-order valence-electron chi connectivity index (χ4n) is 2.21. The smallest absolute Gasteiger partial charge is 0.341 e. The first kappa shape index (κ1) is 15.7. The van der Waals surface area contributed by atoms with Gasteiger partial charge in [-0.25, -0.2) is 18.0 Å². The number of halogens is 4. The molecular formula is C15H6F4N2O3. The van der Waals surface area contributed by atoms with Crippen LogP contribution >= 0.6 is 0 Å². The van der Waals surface area contributed by atoms with Gasteiger partial charge in [0.25, 0.3) is 5.95 Å². The highest BCUT2D eigenvalue weighted by Gasteiger charge is 2.20. The lowest BCUT2D eigenvalue weighted by molar-refractivity contribution is 0.0695. The van der Waals surface area contributed by atoms with Crippen LogP contribution in [0.25, 0.3) is 16.7 Å². The molecule has 0 aliphatic heterocycles. The lowest BCUT2D eigenvalue weighted by Gasteiger charge is -2.12. The molecular weight excluding hydrogens is 332 g/mol. The van der Waals surface area contributed by atoms with Gasteiger partial charge in [0.05, 0.1) is 11.1 Å². The molecule has 2 heterocycles. The first-order valence-corrected chi connectivity index (χ1v) is 6.39. The summed E-state index contributed by atoms with van der Waals surface area (Å²) in [5, 5.41) is 8.52. The molecule has 0 amide bonds. The predicted octanol–water partition coefficient (Wildman–Crippen LogP) is 2.64. The van der Waals surface area contributed by atoms with Gasteiger partial charge in [-0.1, -0.05) is 0 Å². The highest BCUT2D eigenvalue weighted by molar-refractivity contribution is 5.92. The molecule has 0 fully saturated rings. The zero-order valence-electron chi connectivity index (χ0n) is 11.6. The number of hydrogen-bond acceptors (Lipinski definition) is 3. The summed E-state index contributed by atoms with van der Waals surface area (Å²) in [6.45, 7) is 0. The van der Waals surface area contributed by atoms with Crippen LogP contribution in [0.15, 0.2) is 35.3 Å². The van der Waals surface area contributed by atoms with Gasteiger partial charge in [-0.05, 0) is 18.2 Å². The van der Waals surface area contributed by atoms with Gasteiger partial charge in [0, 0.05) is 12.3 Å². The maximum absolute atomic E-state index is 14.0. The van der Waals surface area contributed by atoms with Gasteiger partial charge >= 0.3 is 5.97 Å². The highest BCUT2D eigenvalue weighted by Crippen LogP contribution is 2.21. The summed E-state index contributed by atoms with van der Waals surface area (Å²) in [5.74, 6) is -6.68. The van der Waals surface area contributed by atoms with Crippen molar-refractivity contribution in [3.8, 4) is 5.69 Å². The fraction of sp³-hybridized carbons (Fsp3) is 0. The zero-order valence-corrected chi connectivity index (χ0v) is 11.6. The number of nitrogens with zero attached hydrogens (tertiary/aromatic N) is 2. The molecule has 3 rings (SSSR count). The number of hydrogen-bond donors (Lipinski definition) is 1. The summed E-state index contributed by atoms with van der Waals surface area (Å²) < 4.78 is 54.6. The molecule has 1 N–H and O–H groups in total. The number of carboxylic acids is 1. The Morgan fingerprint density at radius 1 is 1.08 bits per heavy atom. The van der Waals surface area contributed by atoms with Gasteiger partial charge in [-0.15, -0.1) is 0 Å². The van der Waals surface area contributed by atoms with Gasteiger partial charge < -0.3 is 5.11 Å². The van der Waals surface area contributed by atoms with Crippen molar-refractivity contribution in [1.82, 2.24) is 9.55 Å². The molecule has 1 aromatic carbocycles. The van der Waals surface area contributed by atoms with Crippen molar-refractivity contribution in [2.45, 2.75) is 0 Å². The normalized spacial score (nSPS) is 11.0. The number of aromatic nitrogens is 2. The van der Waals surface area contributed by atoms with Crippen molar-refractivity contribution in [3.63, 3.8) is 0 Å². The van der Waals surface area contributed by atoms with Crippen molar-refractivity contribution in [2.24, 2.45) is 0 Å². The first-order valence-electron chi connectivity index (χ1n) is 6.39. The number of rotatable bonds is 2. The van der Waals surface area contributed by atoms with Crippen LogP contribution in [0.2, 0.25) is 0 Å². The number of aromatic carboxylic acids is 1. The molecule has 0 aliphatic carbocycles. The Kier molecular flexibility index (Phi) is 3.55. The molecule has 3 aromatic rings. The van der Waals surface area contributed by atoms with Crippen LogP contribution in [0, 0.1) is 23.4 Å². The van der Waals surface area contributed by atoms with Gasteiger partial charge in [0.2, 0.25) is 5.43 Å². The lowest BCUT2D eigenvalue weighted by atomic mass is 10.1. The Balaban J connectivity index is 2.50. The highest BCUT2D eigenvalue weighted by atomic mass is 19.2. The maximum atomic E-state index is 14.0. The molecule has 0 aliphatic rings. The molecule has 0 saturated heterocycles. The van der Waals surface area contributed by atoms with Crippen molar-refractivity contribution in [3.05, 3.63) is 69.6 Å².